The van der Waals surface area contributed by atoms with Crippen LogP contribution in [0.25, 0.3) is 0 Å². The van der Waals surface area contributed by atoms with E-state index < -0.39 is 0 Å². The van der Waals surface area contributed by atoms with Crippen LogP contribution in [-0.2, 0) is 4.79 Å². The molecule has 0 atom stereocenters. The molecule has 1 fully saturated rings. The Balaban J connectivity index is 1.55. The highest BCUT2D eigenvalue weighted by molar-refractivity contribution is 7.99. The van der Waals surface area contributed by atoms with Crippen molar-refractivity contribution in [2.45, 2.75) is 38.8 Å². The highest BCUT2D eigenvalue weighted by Gasteiger charge is 2.27. The van der Waals surface area contributed by atoms with Gasteiger partial charge in [-0.15, -0.1) is 5.10 Å². The van der Waals surface area contributed by atoms with E-state index in [1.165, 1.54) is 11.8 Å². The summed E-state index contributed by atoms with van der Waals surface area (Å²) in [5.41, 5.74) is 1.93. The van der Waals surface area contributed by atoms with Gasteiger partial charge in [0.25, 0.3) is 0 Å². The molecule has 0 aromatic carbocycles. The third kappa shape index (κ3) is 4.47. The van der Waals surface area contributed by atoms with Gasteiger partial charge in [-0.05, 0) is 38.5 Å². The first-order valence-corrected chi connectivity index (χ1v) is 9.47. The molecule has 1 amide bonds. The van der Waals surface area contributed by atoms with E-state index in [-0.39, 0.29) is 11.8 Å². The average molecular weight is 361 g/mol. The van der Waals surface area contributed by atoms with E-state index in [0.717, 1.165) is 49.0 Å². The molecule has 8 nitrogen and oxygen atoms in total. The number of piperidine rings is 1. The van der Waals surface area contributed by atoms with Crippen LogP contribution in [0.1, 0.15) is 31.2 Å². The molecule has 0 saturated carbocycles. The number of thioether (sulfide) groups is 1. The number of amides is 1. The number of hydrogen-bond acceptors (Lipinski definition) is 7. The third-order valence-corrected chi connectivity index (χ3v) is 4.83. The first kappa shape index (κ1) is 17.7. The lowest BCUT2D eigenvalue weighted by atomic mass is 9.96. The van der Waals surface area contributed by atoms with Gasteiger partial charge >= 0.3 is 0 Å². The quantitative estimate of drug-likeness (QED) is 0.787. The highest BCUT2D eigenvalue weighted by Crippen LogP contribution is 2.22. The molecule has 3 rings (SSSR count). The van der Waals surface area contributed by atoms with Crippen LogP contribution in [0.2, 0.25) is 0 Å². The van der Waals surface area contributed by atoms with Crippen molar-refractivity contribution >= 4 is 29.6 Å². The Kier molecular flexibility index (Phi) is 5.52. The molecule has 9 heteroatoms. The SMILES string of the molecule is CCSc1n[nH]c(NC(=O)C2CCN(c3nc(C)cc(C)n3)CC2)n1. The standard InChI is InChI=1S/C16H23N7OS/c1-4-25-16-20-14(21-22-16)19-13(24)12-5-7-23(8-6-12)15-17-10(2)9-11(3)18-15/h9,12H,4-8H2,1-3H3,(H2,19,20,21,22,24). The first-order chi connectivity index (χ1) is 12.0. The van der Waals surface area contributed by atoms with Crippen LogP contribution in [0.4, 0.5) is 11.9 Å². The van der Waals surface area contributed by atoms with Crippen molar-refractivity contribution in [1.82, 2.24) is 25.1 Å². The number of aromatic amines is 1. The van der Waals surface area contributed by atoms with Gasteiger partial charge in [-0.3, -0.25) is 10.1 Å². The van der Waals surface area contributed by atoms with E-state index in [9.17, 15) is 4.79 Å². The number of rotatable bonds is 5. The van der Waals surface area contributed by atoms with Crippen molar-refractivity contribution in [3.05, 3.63) is 17.5 Å². The molecular formula is C16H23N7OS. The molecular weight excluding hydrogens is 338 g/mol. The minimum Gasteiger partial charge on any atom is -0.341 e. The monoisotopic (exact) mass is 361 g/mol. The highest BCUT2D eigenvalue weighted by atomic mass is 32.2. The van der Waals surface area contributed by atoms with E-state index in [1.807, 2.05) is 26.8 Å². The summed E-state index contributed by atoms with van der Waals surface area (Å²) >= 11 is 1.53. The number of hydrogen-bond donors (Lipinski definition) is 2. The molecule has 2 N–H and O–H groups in total. The Bertz CT molecular complexity index is 720. The van der Waals surface area contributed by atoms with Gasteiger partial charge in [-0.1, -0.05) is 18.7 Å². The van der Waals surface area contributed by atoms with E-state index in [1.54, 1.807) is 0 Å². The fraction of sp³-hybridized carbons (Fsp3) is 0.562. The number of nitrogens with one attached hydrogen (secondary N) is 2. The summed E-state index contributed by atoms with van der Waals surface area (Å²) in [5, 5.41) is 10.3. The van der Waals surface area contributed by atoms with Gasteiger partial charge in [-0.25, -0.2) is 15.1 Å². The molecule has 1 saturated heterocycles. The van der Waals surface area contributed by atoms with Gasteiger partial charge in [-0.2, -0.15) is 4.98 Å². The summed E-state index contributed by atoms with van der Waals surface area (Å²) in [4.78, 5) is 27.8. The minimum absolute atomic E-state index is 0.00908. The average Bonchev–Trinajstić information content (AvgIpc) is 3.01. The molecule has 2 aromatic rings. The van der Waals surface area contributed by atoms with E-state index >= 15 is 0 Å². The summed E-state index contributed by atoms with van der Waals surface area (Å²) in [6, 6.07) is 1.96. The zero-order valence-electron chi connectivity index (χ0n) is 14.7. The van der Waals surface area contributed by atoms with Crippen molar-refractivity contribution < 1.29 is 4.79 Å². The van der Waals surface area contributed by atoms with Crippen LogP contribution in [0, 0.1) is 19.8 Å². The predicted molar refractivity (Wildman–Crippen MR) is 97.9 cm³/mol. The summed E-state index contributed by atoms with van der Waals surface area (Å²) in [5.74, 6) is 2.03. The van der Waals surface area contributed by atoms with Crippen LogP contribution < -0.4 is 10.2 Å². The van der Waals surface area contributed by atoms with Crippen molar-refractivity contribution in [1.29, 1.82) is 0 Å². The molecule has 3 heterocycles. The predicted octanol–water partition coefficient (Wildman–Crippen LogP) is 2.18. The number of carbonyl (C=O) groups is 1. The zero-order chi connectivity index (χ0) is 17.8. The van der Waals surface area contributed by atoms with Gasteiger partial charge < -0.3 is 4.90 Å². The second-order valence-corrected chi connectivity index (χ2v) is 7.33. The maximum atomic E-state index is 12.4. The van der Waals surface area contributed by atoms with E-state index in [0.29, 0.717) is 11.1 Å². The maximum absolute atomic E-state index is 12.4. The minimum atomic E-state index is -0.0328. The molecule has 1 aliphatic heterocycles. The molecule has 0 spiro atoms. The van der Waals surface area contributed by atoms with Crippen molar-refractivity contribution in [3.63, 3.8) is 0 Å². The molecule has 2 aromatic heterocycles. The molecule has 0 radical (unpaired) electrons. The number of H-pyrrole nitrogens is 1. The molecule has 134 valence electrons. The fourth-order valence-corrected chi connectivity index (χ4v) is 3.43. The van der Waals surface area contributed by atoms with Crippen molar-refractivity contribution in [2.75, 3.05) is 29.1 Å². The van der Waals surface area contributed by atoms with E-state index in [4.69, 9.17) is 0 Å². The summed E-state index contributed by atoms with van der Waals surface area (Å²) in [7, 11) is 0. The number of aryl methyl sites for hydroxylation is 2. The van der Waals surface area contributed by atoms with Crippen molar-refractivity contribution in [2.24, 2.45) is 5.92 Å². The van der Waals surface area contributed by atoms with Crippen LogP contribution in [0.5, 0.6) is 0 Å². The lowest BCUT2D eigenvalue weighted by Gasteiger charge is -2.31. The Morgan fingerprint density at radius 2 is 1.96 bits per heavy atom. The number of aromatic nitrogens is 5. The van der Waals surface area contributed by atoms with Gasteiger partial charge in [0.05, 0.1) is 0 Å². The smallest absolute Gasteiger partial charge is 0.229 e. The first-order valence-electron chi connectivity index (χ1n) is 8.48. The number of nitrogens with zero attached hydrogens (tertiary/aromatic N) is 5. The Labute approximate surface area is 151 Å². The molecule has 0 unspecified atom stereocenters. The summed E-state index contributed by atoms with van der Waals surface area (Å²) < 4.78 is 0. The number of carbonyl (C=O) groups excluding carboxylic acids is 1. The number of anilines is 2. The van der Waals surface area contributed by atoms with Gasteiger partial charge in [0.2, 0.25) is 23.0 Å². The molecule has 25 heavy (non-hydrogen) atoms. The second-order valence-electron chi connectivity index (χ2n) is 6.10. The van der Waals surface area contributed by atoms with Gasteiger partial charge in [0.15, 0.2) is 0 Å². The van der Waals surface area contributed by atoms with Gasteiger partial charge in [0.1, 0.15) is 0 Å². The molecule has 0 aliphatic carbocycles. The van der Waals surface area contributed by atoms with Gasteiger partial charge in [0, 0.05) is 30.4 Å². The lowest BCUT2D eigenvalue weighted by molar-refractivity contribution is -0.120. The van der Waals surface area contributed by atoms with Crippen molar-refractivity contribution in [3.8, 4) is 0 Å². The summed E-state index contributed by atoms with van der Waals surface area (Å²) in [6.07, 6.45) is 1.54. The maximum Gasteiger partial charge on any atom is 0.229 e. The lowest BCUT2D eigenvalue weighted by Crippen LogP contribution is -2.39. The van der Waals surface area contributed by atoms with Crippen LogP contribution >= 0.6 is 11.8 Å². The molecule has 0 bridgehead atoms. The largest absolute Gasteiger partial charge is 0.341 e. The van der Waals surface area contributed by atoms with Crippen LogP contribution in [0.15, 0.2) is 11.2 Å². The normalized spacial score (nSPS) is 15.4. The molecule has 1 aliphatic rings. The fourth-order valence-electron chi connectivity index (χ4n) is 2.91. The topological polar surface area (TPSA) is 99.7 Å². The van der Waals surface area contributed by atoms with Crippen LogP contribution in [0.3, 0.4) is 0 Å². The van der Waals surface area contributed by atoms with Crippen LogP contribution in [-0.4, -0.2) is 49.9 Å². The Morgan fingerprint density at radius 3 is 2.60 bits per heavy atom. The Hall–Kier alpha value is -2.16. The second kappa shape index (κ2) is 7.81. The summed E-state index contributed by atoms with van der Waals surface area (Å²) in [6.45, 7) is 7.52. The third-order valence-electron chi connectivity index (χ3n) is 4.10. The van der Waals surface area contributed by atoms with E-state index in [2.05, 4.69) is 35.4 Å². The Morgan fingerprint density at radius 1 is 1.28 bits per heavy atom. The zero-order valence-corrected chi connectivity index (χ0v) is 15.6.